The number of hydrogen-bond acceptors (Lipinski definition) is 7. The fourth-order valence-corrected chi connectivity index (χ4v) is 5.50. The summed E-state index contributed by atoms with van der Waals surface area (Å²) in [7, 11) is 1.47. The van der Waals surface area contributed by atoms with Gasteiger partial charge in [-0.25, -0.2) is 4.98 Å². The number of hydrogen-bond donors (Lipinski definition) is 2. The lowest BCUT2D eigenvalue weighted by Gasteiger charge is -2.23. The highest BCUT2D eigenvalue weighted by molar-refractivity contribution is 7.22. The standard InChI is InChI=1S/C27H21ClN2O5S/c1-3-14-4-11-20-21(12-14)36-27(29-20)30-23(15-5-7-16(31)8-6-15)22(25(33)26(30)34)24(32)18-13-17(35-2)9-10-19(18)28/h4-13,23,31-32H,3H2,1-2H3/b24-22+. The molecule has 0 aliphatic carbocycles. The number of carbonyl (C=O) groups excluding carboxylic acids is 2. The van der Waals surface area contributed by atoms with E-state index in [-0.39, 0.29) is 21.9 Å². The predicted octanol–water partition coefficient (Wildman–Crippen LogP) is 5.85. The van der Waals surface area contributed by atoms with Gasteiger partial charge in [0.25, 0.3) is 5.78 Å². The number of rotatable bonds is 5. The van der Waals surface area contributed by atoms with Crippen LogP contribution >= 0.6 is 22.9 Å². The van der Waals surface area contributed by atoms with Crippen LogP contribution in [0.3, 0.4) is 0 Å². The number of carbonyl (C=O) groups is 2. The first-order valence-electron chi connectivity index (χ1n) is 11.2. The van der Waals surface area contributed by atoms with E-state index in [0.29, 0.717) is 22.0 Å². The Kier molecular flexibility index (Phi) is 6.15. The van der Waals surface area contributed by atoms with Crippen molar-refractivity contribution in [2.75, 3.05) is 12.0 Å². The van der Waals surface area contributed by atoms with Crippen LogP contribution in [0.25, 0.3) is 16.0 Å². The summed E-state index contributed by atoms with van der Waals surface area (Å²) in [5.41, 5.74) is 2.38. The van der Waals surface area contributed by atoms with Gasteiger partial charge >= 0.3 is 5.91 Å². The number of aliphatic hydroxyl groups excluding tert-OH is 1. The van der Waals surface area contributed by atoms with Crippen molar-refractivity contribution in [2.45, 2.75) is 19.4 Å². The van der Waals surface area contributed by atoms with Gasteiger partial charge in [0.2, 0.25) is 0 Å². The highest BCUT2D eigenvalue weighted by Crippen LogP contribution is 2.45. The lowest BCUT2D eigenvalue weighted by molar-refractivity contribution is -0.132. The monoisotopic (exact) mass is 520 g/mol. The maximum atomic E-state index is 13.4. The van der Waals surface area contributed by atoms with E-state index in [9.17, 15) is 19.8 Å². The van der Waals surface area contributed by atoms with E-state index in [4.69, 9.17) is 16.3 Å². The van der Waals surface area contributed by atoms with E-state index in [1.54, 1.807) is 24.3 Å². The number of phenols is 1. The van der Waals surface area contributed by atoms with Crippen LogP contribution in [-0.2, 0) is 16.0 Å². The van der Waals surface area contributed by atoms with E-state index in [2.05, 4.69) is 11.9 Å². The quantitative estimate of drug-likeness (QED) is 0.194. The van der Waals surface area contributed by atoms with Gasteiger partial charge in [-0.3, -0.25) is 14.5 Å². The molecule has 0 saturated carbocycles. The maximum absolute atomic E-state index is 13.4. The van der Waals surface area contributed by atoms with Crippen LogP contribution in [0, 0.1) is 0 Å². The molecule has 3 aromatic carbocycles. The van der Waals surface area contributed by atoms with Crippen molar-refractivity contribution in [3.63, 3.8) is 0 Å². The van der Waals surface area contributed by atoms with Crippen LogP contribution in [0.4, 0.5) is 5.13 Å². The van der Waals surface area contributed by atoms with Crippen LogP contribution < -0.4 is 9.64 Å². The number of aromatic hydroxyl groups is 1. The molecule has 9 heteroatoms. The lowest BCUT2D eigenvalue weighted by Crippen LogP contribution is -2.29. The number of benzene rings is 3. The number of ether oxygens (including phenoxy) is 1. The van der Waals surface area contributed by atoms with E-state index in [1.165, 1.54) is 41.5 Å². The van der Waals surface area contributed by atoms with Gasteiger partial charge in [0.05, 0.1) is 34.0 Å². The number of aromatic nitrogens is 1. The van der Waals surface area contributed by atoms with Gasteiger partial charge in [0, 0.05) is 5.56 Å². The first kappa shape index (κ1) is 23.8. The summed E-state index contributed by atoms with van der Waals surface area (Å²) in [6.07, 6.45) is 0.850. The number of phenolic OH excluding ortho intramolecular Hbond substituents is 1. The Hall–Kier alpha value is -3.88. The molecule has 0 spiro atoms. The summed E-state index contributed by atoms with van der Waals surface area (Å²) < 4.78 is 6.13. The molecule has 1 saturated heterocycles. The highest BCUT2D eigenvalue weighted by Gasteiger charge is 2.48. The Morgan fingerprint density at radius 3 is 2.56 bits per heavy atom. The molecule has 2 heterocycles. The minimum atomic E-state index is -0.987. The Labute approximate surface area is 215 Å². The number of ketones is 1. The zero-order chi connectivity index (χ0) is 25.6. The second-order valence-corrected chi connectivity index (χ2v) is 9.67. The summed E-state index contributed by atoms with van der Waals surface area (Å²) in [5, 5.41) is 21.7. The molecule has 4 aromatic rings. The highest BCUT2D eigenvalue weighted by atomic mass is 35.5. The number of methoxy groups -OCH3 is 1. The molecule has 1 aliphatic heterocycles. The molecule has 1 aromatic heterocycles. The van der Waals surface area contributed by atoms with Crippen molar-refractivity contribution in [2.24, 2.45) is 0 Å². The molecular weight excluding hydrogens is 500 g/mol. The Balaban J connectivity index is 1.73. The first-order valence-corrected chi connectivity index (χ1v) is 12.3. The van der Waals surface area contributed by atoms with Gasteiger partial charge in [-0.1, -0.05) is 48.1 Å². The summed E-state index contributed by atoms with van der Waals surface area (Å²) in [6.45, 7) is 2.05. The number of aryl methyl sites for hydroxylation is 1. The second kappa shape index (κ2) is 9.29. The van der Waals surface area contributed by atoms with Crippen molar-refractivity contribution in [1.82, 2.24) is 4.98 Å². The Morgan fingerprint density at radius 1 is 1.11 bits per heavy atom. The molecule has 1 atom stereocenters. The molecule has 182 valence electrons. The predicted molar refractivity (Wildman–Crippen MR) is 140 cm³/mol. The Bertz CT molecular complexity index is 1540. The molecule has 1 aliphatic rings. The largest absolute Gasteiger partial charge is 0.508 e. The topological polar surface area (TPSA) is 100.0 Å². The summed E-state index contributed by atoms with van der Waals surface area (Å²) >= 11 is 7.65. The number of nitrogens with zero attached hydrogens (tertiary/aromatic N) is 2. The van der Waals surface area contributed by atoms with Crippen LogP contribution in [0.15, 0.2) is 66.2 Å². The fourth-order valence-electron chi connectivity index (χ4n) is 4.24. The smallest absolute Gasteiger partial charge is 0.301 e. The SMILES string of the molecule is CCc1ccc2nc(N3C(=O)C(=O)/C(=C(/O)c4cc(OC)ccc4Cl)C3c3ccc(O)cc3)sc2c1. The van der Waals surface area contributed by atoms with Crippen molar-refractivity contribution >= 4 is 55.7 Å². The number of anilines is 1. The van der Waals surface area contributed by atoms with Gasteiger partial charge in [-0.05, 0) is 60.0 Å². The number of amides is 1. The normalized spacial score (nSPS) is 17.2. The molecule has 1 unspecified atom stereocenters. The molecule has 0 radical (unpaired) electrons. The van der Waals surface area contributed by atoms with Gasteiger partial charge in [0.1, 0.15) is 17.3 Å². The number of Topliss-reactive ketones (excluding diaryl/α,β-unsaturated/α-hetero) is 1. The van der Waals surface area contributed by atoms with Crippen molar-refractivity contribution in [1.29, 1.82) is 0 Å². The zero-order valence-corrected chi connectivity index (χ0v) is 20.9. The average Bonchev–Trinajstić information content (AvgIpc) is 3.42. The Morgan fingerprint density at radius 2 is 1.86 bits per heavy atom. The summed E-state index contributed by atoms with van der Waals surface area (Å²) in [4.78, 5) is 32.7. The van der Waals surface area contributed by atoms with Crippen LogP contribution in [0.1, 0.15) is 29.7 Å². The van der Waals surface area contributed by atoms with Gasteiger partial charge in [-0.15, -0.1) is 0 Å². The van der Waals surface area contributed by atoms with E-state index in [1.807, 2.05) is 18.2 Å². The molecule has 0 bridgehead atoms. The third kappa shape index (κ3) is 3.98. The van der Waals surface area contributed by atoms with Gasteiger partial charge in [-0.2, -0.15) is 0 Å². The van der Waals surface area contributed by atoms with Crippen LogP contribution in [-0.4, -0.2) is 34.0 Å². The molecule has 36 heavy (non-hydrogen) atoms. The molecular formula is C27H21ClN2O5S. The minimum Gasteiger partial charge on any atom is -0.508 e. The van der Waals surface area contributed by atoms with Crippen LogP contribution in [0.5, 0.6) is 11.5 Å². The maximum Gasteiger partial charge on any atom is 0.301 e. The minimum absolute atomic E-state index is 0.0265. The second-order valence-electron chi connectivity index (χ2n) is 8.26. The average molecular weight is 521 g/mol. The van der Waals surface area contributed by atoms with Crippen molar-refractivity contribution in [3.05, 3.63) is 87.9 Å². The van der Waals surface area contributed by atoms with Gasteiger partial charge in [0.15, 0.2) is 5.13 Å². The summed E-state index contributed by atoms with van der Waals surface area (Å²) in [6, 6.07) is 15.7. The zero-order valence-electron chi connectivity index (χ0n) is 19.4. The lowest BCUT2D eigenvalue weighted by atomic mass is 9.95. The molecule has 7 nitrogen and oxygen atoms in total. The summed E-state index contributed by atoms with van der Waals surface area (Å²) in [5.74, 6) is -1.65. The molecule has 2 N–H and O–H groups in total. The van der Waals surface area contributed by atoms with Crippen molar-refractivity contribution in [3.8, 4) is 11.5 Å². The van der Waals surface area contributed by atoms with Crippen LogP contribution in [0.2, 0.25) is 5.02 Å². The molecule has 5 rings (SSSR count). The van der Waals surface area contributed by atoms with E-state index >= 15 is 0 Å². The fraction of sp³-hybridized carbons (Fsp3) is 0.148. The number of thiazole rings is 1. The molecule has 1 amide bonds. The first-order chi connectivity index (χ1) is 17.3. The number of fused-ring (bicyclic) bond motifs is 1. The number of aliphatic hydroxyl groups is 1. The third-order valence-corrected chi connectivity index (χ3v) is 7.48. The number of halogens is 1. The molecule has 1 fully saturated rings. The van der Waals surface area contributed by atoms with Gasteiger partial charge < -0.3 is 14.9 Å². The van der Waals surface area contributed by atoms with E-state index in [0.717, 1.165) is 16.7 Å². The van der Waals surface area contributed by atoms with Crippen molar-refractivity contribution < 1.29 is 24.5 Å². The van der Waals surface area contributed by atoms with E-state index < -0.39 is 23.5 Å². The third-order valence-electron chi connectivity index (χ3n) is 6.14.